The summed E-state index contributed by atoms with van der Waals surface area (Å²) >= 11 is 1.98. The van der Waals surface area contributed by atoms with Gasteiger partial charge >= 0.3 is 0 Å². The van der Waals surface area contributed by atoms with E-state index in [4.69, 9.17) is 0 Å². The Bertz CT molecular complexity index is 442. The van der Waals surface area contributed by atoms with Crippen LogP contribution in [0.25, 0.3) is 0 Å². The molecule has 1 saturated heterocycles. The summed E-state index contributed by atoms with van der Waals surface area (Å²) in [4.78, 5) is 12.1. The number of benzene rings is 1. The quantitative estimate of drug-likeness (QED) is 0.889. The maximum Gasteiger partial charge on any atom is 0.251 e. The monoisotopic (exact) mass is 278 g/mol. The van der Waals surface area contributed by atoms with E-state index in [1.165, 1.54) is 25.0 Å². The summed E-state index contributed by atoms with van der Waals surface area (Å²) < 4.78 is 0. The molecule has 1 heterocycles. The molecule has 0 saturated carbocycles. The van der Waals surface area contributed by atoms with E-state index in [2.05, 4.69) is 10.6 Å². The van der Waals surface area contributed by atoms with E-state index < -0.39 is 0 Å². The lowest BCUT2D eigenvalue weighted by Crippen LogP contribution is -2.31. The average molecular weight is 278 g/mol. The van der Waals surface area contributed by atoms with Gasteiger partial charge in [0.1, 0.15) is 0 Å². The number of nitrogens with one attached hydrogen (secondary N) is 2. The molecule has 1 unspecified atom stereocenters. The number of thioether (sulfide) groups is 1. The summed E-state index contributed by atoms with van der Waals surface area (Å²) in [5.41, 5.74) is 2.92. The van der Waals surface area contributed by atoms with Gasteiger partial charge in [-0.25, -0.2) is 0 Å². The number of carbonyl (C=O) groups is 1. The van der Waals surface area contributed by atoms with Crippen molar-refractivity contribution in [1.82, 2.24) is 5.32 Å². The summed E-state index contributed by atoms with van der Waals surface area (Å²) in [5, 5.41) is 6.76. The second-order valence-corrected chi connectivity index (χ2v) is 6.39. The average Bonchev–Trinajstić information content (AvgIpc) is 2.45. The van der Waals surface area contributed by atoms with Crippen LogP contribution in [0, 0.1) is 6.92 Å². The molecular weight excluding hydrogens is 256 g/mol. The van der Waals surface area contributed by atoms with Crippen molar-refractivity contribution in [3.05, 3.63) is 29.3 Å². The molecule has 3 nitrogen and oxygen atoms in total. The number of rotatable bonds is 4. The third-order valence-electron chi connectivity index (χ3n) is 3.52. The largest absolute Gasteiger partial charge is 0.388 e. The molecule has 0 radical (unpaired) electrons. The molecule has 0 bridgehead atoms. The fourth-order valence-corrected chi connectivity index (χ4v) is 3.60. The molecule has 4 heteroatoms. The van der Waals surface area contributed by atoms with E-state index in [1.807, 2.05) is 43.9 Å². The molecule has 19 heavy (non-hydrogen) atoms. The zero-order chi connectivity index (χ0) is 13.7. The summed E-state index contributed by atoms with van der Waals surface area (Å²) in [6, 6.07) is 5.77. The Morgan fingerprint density at radius 1 is 1.42 bits per heavy atom. The second-order valence-electron chi connectivity index (χ2n) is 4.98. The van der Waals surface area contributed by atoms with Gasteiger partial charge in [-0.1, -0.05) is 6.42 Å². The van der Waals surface area contributed by atoms with Gasteiger partial charge in [0.2, 0.25) is 0 Å². The molecule has 0 aliphatic carbocycles. The van der Waals surface area contributed by atoms with Gasteiger partial charge in [-0.15, -0.1) is 0 Å². The van der Waals surface area contributed by atoms with Crippen LogP contribution in [0.2, 0.25) is 0 Å². The first kappa shape index (κ1) is 14.3. The van der Waals surface area contributed by atoms with E-state index in [-0.39, 0.29) is 5.91 Å². The summed E-state index contributed by atoms with van der Waals surface area (Å²) in [7, 11) is 1.89. The van der Waals surface area contributed by atoms with Crippen molar-refractivity contribution in [2.75, 3.05) is 24.7 Å². The van der Waals surface area contributed by atoms with Gasteiger partial charge in [0, 0.05) is 30.1 Å². The lowest BCUT2D eigenvalue weighted by molar-refractivity contribution is 0.0953. The highest BCUT2D eigenvalue weighted by Crippen LogP contribution is 2.24. The minimum Gasteiger partial charge on any atom is -0.388 e. The SMILES string of the molecule is CNc1ccc(C(=O)NCC2CCCCS2)cc1C. The van der Waals surface area contributed by atoms with Crippen molar-refractivity contribution >= 4 is 23.4 Å². The molecule has 2 rings (SSSR count). The predicted molar refractivity (Wildman–Crippen MR) is 83.2 cm³/mol. The number of hydrogen-bond acceptors (Lipinski definition) is 3. The molecule has 1 aromatic carbocycles. The molecule has 1 aliphatic rings. The zero-order valence-electron chi connectivity index (χ0n) is 11.7. The normalized spacial score (nSPS) is 18.9. The van der Waals surface area contributed by atoms with Crippen molar-refractivity contribution in [2.24, 2.45) is 0 Å². The van der Waals surface area contributed by atoms with Crippen molar-refractivity contribution in [3.63, 3.8) is 0 Å². The van der Waals surface area contributed by atoms with Crippen LogP contribution in [0.3, 0.4) is 0 Å². The molecule has 0 aromatic heterocycles. The summed E-state index contributed by atoms with van der Waals surface area (Å²) in [5.74, 6) is 1.27. The Labute approximate surface area is 119 Å². The van der Waals surface area contributed by atoms with Gasteiger partial charge in [0.05, 0.1) is 0 Å². The second kappa shape index (κ2) is 6.85. The lowest BCUT2D eigenvalue weighted by atomic mass is 10.1. The first-order valence-electron chi connectivity index (χ1n) is 6.89. The van der Waals surface area contributed by atoms with E-state index in [9.17, 15) is 4.79 Å². The fraction of sp³-hybridized carbons (Fsp3) is 0.533. The Morgan fingerprint density at radius 2 is 2.26 bits per heavy atom. The Morgan fingerprint density at radius 3 is 2.89 bits per heavy atom. The van der Waals surface area contributed by atoms with Crippen LogP contribution >= 0.6 is 11.8 Å². The molecule has 1 atom stereocenters. The molecular formula is C15H22N2OS. The minimum absolute atomic E-state index is 0.0388. The molecule has 1 aromatic rings. The maximum absolute atomic E-state index is 12.1. The lowest BCUT2D eigenvalue weighted by Gasteiger charge is -2.21. The number of hydrogen-bond donors (Lipinski definition) is 2. The third-order valence-corrected chi connectivity index (χ3v) is 4.92. The van der Waals surface area contributed by atoms with Crippen LogP contribution in [0.5, 0.6) is 0 Å². The summed E-state index contributed by atoms with van der Waals surface area (Å²) in [6.45, 7) is 2.80. The molecule has 1 amide bonds. The standard InChI is InChI=1S/C15H22N2OS/c1-11-9-12(6-7-14(11)16-2)15(18)17-10-13-5-3-4-8-19-13/h6-7,9,13,16H,3-5,8,10H2,1-2H3,(H,17,18). The Balaban J connectivity index is 1.90. The van der Waals surface area contributed by atoms with Crippen LogP contribution in [0.1, 0.15) is 35.2 Å². The van der Waals surface area contributed by atoms with E-state index >= 15 is 0 Å². The first-order valence-corrected chi connectivity index (χ1v) is 7.94. The van der Waals surface area contributed by atoms with Crippen LogP contribution in [-0.2, 0) is 0 Å². The number of amides is 1. The Kier molecular flexibility index (Phi) is 5.14. The Hall–Kier alpha value is -1.16. The van der Waals surface area contributed by atoms with E-state index in [1.54, 1.807) is 0 Å². The molecule has 104 valence electrons. The van der Waals surface area contributed by atoms with Gasteiger partial charge < -0.3 is 10.6 Å². The van der Waals surface area contributed by atoms with Crippen molar-refractivity contribution in [3.8, 4) is 0 Å². The maximum atomic E-state index is 12.1. The van der Waals surface area contributed by atoms with Gasteiger partial charge in [0.15, 0.2) is 0 Å². The van der Waals surface area contributed by atoms with Crippen molar-refractivity contribution < 1.29 is 4.79 Å². The molecule has 1 aliphatic heterocycles. The number of carbonyl (C=O) groups excluding carboxylic acids is 1. The van der Waals surface area contributed by atoms with Gasteiger partial charge in [-0.3, -0.25) is 4.79 Å². The van der Waals surface area contributed by atoms with Gasteiger partial charge in [-0.2, -0.15) is 11.8 Å². The molecule has 0 spiro atoms. The first-order chi connectivity index (χ1) is 9.20. The van der Waals surface area contributed by atoms with Crippen LogP contribution < -0.4 is 10.6 Å². The number of anilines is 1. The predicted octanol–water partition coefficient (Wildman–Crippen LogP) is 3.05. The van der Waals surface area contributed by atoms with E-state index in [0.717, 1.165) is 23.4 Å². The molecule has 2 N–H and O–H groups in total. The van der Waals surface area contributed by atoms with Crippen molar-refractivity contribution in [1.29, 1.82) is 0 Å². The van der Waals surface area contributed by atoms with Gasteiger partial charge in [-0.05, 0) is 49.3 Å². The van der Waals surface area contributed by atoms with Crippen LogP contribution in [-0.4, -0.2) is 30.5 Å². The van der Waals surface area contributed by atoms with Crippen LogP contribution in [0.15, 0.2) is 18.2 Å². The highest BCUT2D eigenvalue weighted by Gasteiger charge is 2.15. The van der Waals surface area contributed by atoms with Crippen molar-refractivity contribution in [2.45, 2.75) is 31.4 Å². The fourth-order valence-electron chi connectivity index (χ4n) is 2.36. The minimum atomic E-state index is 0.0388. The highest BCUT2D eigenvalue weighted by atomic mass is 32.2. The van der Waals surface area contributed by atoms with Crippen LogP contribution in [0.4, 0.5) is 5.69 Å². The van der Waals surface area contributed by atoms with Gasteiger partial charge in [0.25, 0.3) is 5.91 Å². The highest BCUT2D eigenvalue weighted by molar-refractivity contribution is 7.99. The molecule has 1 fully saturated rings. The zero-order valence-corrected chi connectivity index (χ0v) is 12.5. The topological polar surface area (TPSA) is 41.1 Å². The third kappa shape index (κ3) is 3.90. The smallest absolute Gasteiger partial charge is 0.251 e. The van der Waals surface area contributed by atoms with E-state index in [0.29, 0.717) is 5.25 Å². The summed E-state index contributed by atoms with van der Waals surface area (Å²) in [6.07, 6.45) is 3.84. The number of aryl methyl sites for hydroxylation is 1.